The van der Waals surface area contributed by atoms with Gasteiger partial charge in [0.05, 0.1) is 18.2 Å². The van der Waals surface area contributed by atoms with Crippen LogP contribution in [0.3, 0.4) is 0 Å². The summed E-state index contributed by atoms with van der Waals surface area (Å²) in [6, 6.07) is 31.1. The Balaban J connectivity index is 1.18. The monoisotopic (exact) mass is 603 g/mol. The summed E-state index contributed by atoms with van der Waals surface area (Å²) in [4.78, 5) is 33.6. The number of carbonyl (C=O) groups is 2. The van der Waals surface area contributed by atoms with Crippen LogP contribution in [-0.4, -0.2) is 56.7 Å². The third-order valence-corrected chi connectivity index (χ3v) is 9.34. The van der Waals surface area contributed by atoms with Crippen molar-refractivity contribution in [3.8, 4) is 0 Å². The van der Waals surface area contributed by atoms with Crippen LogP contribution in [0.15, 0.2) is 109 Å². The molecule has 1 fully saturated rings. The molecule has 1 aliphatic carbocycles. The fraction of sp³-hybridized carbons (Fsp3) is 0.342. The van der Waals surface area contributed by atoms with E-state index in [4.69, 9.17) is 0 Å². The van der Waals surface area contributed by atoms with Crippen molar-refractivity contribution in [2.75, 3.05) is 6.54 Å². The molecule has 45 heavy (non-hydrogen) atoms. The highest BCUT2D eigenvalue weighted by molar-refractivity contribution is 5.82. The maximum Gasteiger partial charge on any atom is 0.226 e. The van der Waals surface area contributed by atoms with Gasteiger partial charge in [0, 0.05) is 43.2 Å². The average molecular weight is 604 g/mol. The van der Waals surface area contributed by atoms with Crippen molar-refractivity contribution in [1.29, 1.82) is 0 Å². The Labute approximate surface area is 265 Å². The first kappa shape index (κ1) is 30.7. The van der Waals surface area contributed by atoms with Crippen molar-refractivity contribution in [1.82, 2.24) is 15.2 Å². The summed E-state index contributed by atoms with van der Waals surface area (Å²) in [6.07, 6.45) is 5.07. The van der Waals surface area contributed by atoms with Crippen LogP contribution >= 0.6 is 0 Å². The fourth-order valence-electron chi connectivity index (χ4n) is 7.09. The van der Waals surface area contributed by atoms with Crippen molar-refractivity contribution in [3.63, 3.8) is 0 Å². The topological polar surface area (TPSA) is 103 Å². The SMILES string of the molecule is O=C(N[C@H]1c2ccccc2C[C@H]1O)[C@H](Cc1ccccc1)C[C@H](O)CN1C(=O)[C@H](Cc2ccncc2)C[C@@H]1Cc1ccccc1. The van der Waals surface area contributed by atoms with Crippen LogP contribution in [0.5, 0.6) is 0 Å². The summed E-state index contributed by atoms with van der Waals surface area (Å²) in [5.41, 5.74) is 5.18. The largest absolute Gasteiger partial charge is 0.391 e. The number of aliphatic hydroxyl groups excluding tert-OH is 2. The number of likely N-dealkylation sites (tertiary alicyclic amines) is 1. The molecular weight excluding hydrogens is 562 g/mol. The van der Waals surface area contributed by atoms with Crippen LogP contribution in [0, 0.1) is 11.8 Å². The van der Waals surface area contributed by atoms with E-state index in [0.29, 0.717) is 32.1 Å². The Morgan fingerprint density at radius 2 is 1.51 bits per heavy atom. The van der Waals surface area contributed by atoms with E-state index in [1.807, 2.05) is 89.8 Å². The zero-order valence-electron chi connectivity index (χ0n) is 25.4. The molecule has 0 bridgehead atoms. The number of pyridine rings is 1. The van der Waals surface area contributed by atoms with E-state index in [0.717, 1.165) is 27.8 Å². The van der Waals surface area contributed by atoms with Gasteiger partial charge in [0.2, 0.25) is 11.8 Å². The normalized spacial score (nSPS) is 22.2. The number of hydrogen-bond donors (Lipinski definition) is 3. The fourth-order valence-corrected chi connectivity index (χ4v) is 7.09. The zero-order chi connectivity index (χ0) is 31.2. The summed E-state index contributed by atoms with van der Waals surface area (Å²) in [5.74, 6) is -0.884. The Kier molecular flexibility index (Phi) is 9.67. The third-order valence-electron chi connectivity index (χ3n) is 9.34. The summed E-state index contributed by atoms with van der Waals surface area (Å²) in [6.45, 7) is 0.163. The average Bonchev–Trinajstić information content (AvgIpc) is 3.52. The Bertz CT molecular complexity index is 1570. The minimum absolute atomic E-state index is 0.0431. The van der Waals surface area contributed by atoms with Gasteiger partial charge in [-0.3, -0.25) is 14.6 Å². The molecule has 0 saturated carbocycles. The molecule has 232 valence electrons. The molecular formula is C38H41N3O4. The molecule has 3 aromatic carbocycles. The molecule has 7 nitrogen and oxygen atoms in total. The molecule has 3 N–H and O–H groups in total. The van der Waals surface area contributed by atoms with Gasteiger partial charge in [-0.25, -0.2) is 0 Å². The Morgan fingerprint density at radius 1 is 0.867 bits per heavy atom. The smallest absolute Gasteiger partial charge is 0.226 e. The number of benzene rings is 3. The van der Waals surface area contributed by atoms with Crippen LogP contribution in [0.4, 0.5) is 0 Å². The Hall–Kier alpha value is -4.33. The predicted octanol–water partition coefficient (Wildman–Crippen LogP) is 4.47. The van der Waals surface area contributed by atoms with Crippen molar-refractivity contribution in [2.24, 2.45) is 11.8 Å². The van der Waals surface area contributed by atoms with Gasteiger partial charge < -0.3 is 20.4 Å². The van der Waals surface area contributed by atoms with Crippen molar-refractivity contribution in [3.05, 3.63) is 137 Å². The number of fused-ring (bicyclic) bond motifs is 1. The van der Waals surface area contributed by atoms with E-state index in [2.05, 4.69) is 22.4 Å². The van der Waals surface area contributed by atoms with E-state index in [9.17, 15) is 19.8 Å². The second-order valence-electron chi connectivity index (χ2n) is 12.6. The highest BCUT2D eigenvalue weighted by Gasteiger charge is 2.41. The molecule has 1 saturated heterocycles. The molecule has 0 unspecified atom stereocenters. The minimum Gasteiger partial charge on any atom is -0.391 e. The first-order valence-electron chi connectivity index (χ1n) is 16.0. The molecule has 2 heterocycles. The lowest BCUT2D eigenvalue weighted by atomic mass is 9.91. The maximum absolute atomic E-state index is 13.8. The number of carbonyl (C=O) groups excluding carboxylic acids is 2. The molecule has 6 rings (SSSR count). The summed E-state index contributed by atoms with van der Waals surface area (Å²) < 4.78 is 0. The first-order chi connectivity index (χ1) is 21.9. The number of rotatable bonds is 12. The lowest BCUT2D eigenvalue weighted by molar-refractivity contribution is -0.133. The van der Waals surface area contributed by atoms with E-state index >= 15 is 0 Å². The quantitative estimate of drug-likeness (QED) is 0.222. The van der Waals surface area contributed by atoms with Gasteiger partial charge in [-0.15, -0.1) is 0 Å². The van der Waals surface area contributed by atoms with Crippen molar-refractivity contribution < 1.29 is 19.8 Å². The van der Waals surface area contributed by atoms with Crippen LogP contribution in [0.1, 0.15) is 46.7 Å². The standard InChI is InChI=1S/C38H41N3O4/c42-33(25-41-32(21-27-11-5-2-6-12-27)22-31(38(41)45)20-28-15-17-39-18-16-28)23-30(19-26-9-3-1-4-10-26)37(44)40-36-34-14-8-7-13-29(34)24-35(36)43/h1-18,30-33,35-36,42-43H,19-25H2,(H,40,44)/t30-,31-,32+,33+,35-,36+/m1/s1. The molecule has 2 amide bonds. The molecule has 0 radical (unpaired) electrons. The molecule has 1 aliphatic heterocycles. The highest BCUT2D eigenvalue weighted by Crippen LogP contribution is 2.33. The van der Waals surface area contributed by atoms with E-state index < -0.39 is 24.2 Å². The first-order valence-corrected chi connectivity index (χ1v) is 16.0. The zero-order valence-corrected chi connectivity index (χ0v) is 25.4. The minimum atomic E-state index is -0.896. The third kappa shape index (κ3) is 7.49. The van der Waals surface area contributed by atoms with E-state index in [1.165, 1.54) is 0 Å². The lowest BCUT2D eigenvalue weighted by Gasteiger charge is -2.29. The Morgan fingerprint density at radius 3 is 2.24 bits per heavy atom. The molecule has 1 aromatic heterocycles. The van der Waals surface area contributed by atoms with Crippen LogP contribution < -0.4 is 5.32 Å². The lowest BCUT2D eigenvalue weighted by Crippen LogP contribution is -2.43. The molecule has 2 aliphatic rings. The van der Waals surface area contributed by atoms with Gasteiger partial charge in [-0.1, -0.05) is 84.9 Å². The van der Waals surface area contributed by atoms with E-state index in [1.54, 1.807) is 12.4 Å². The van der Waals surface area contributed by atoms with Gasteiger partial charge in [0.25, 0.3) is 0 Å². The number of nitrogens with zero attached hydrogens (tertiary/aromatic N) is 2. The number of hydrogen-bond acceptors (Lipinski definition) is 5. The predicted molar refractivity (Wildman–Crippen MR) is 173 cm³/mol. The molecule has 7 heteroatoms. The van der Waals surface area contributed by atoms with Crippen molar-refractivity contribution in [2.45, 2.75) is 62.8 Å². The molecule has 6 atom stereocenters. The van der Waals surface area contributed by atoms with Crippen molar-refractivity contribution >= 4 is 11.8 Å². The van der Waals surface area contributed by atoms with E-state index in [-0.39, 0.29) is 36.7 Å². The highest BCUT2D eigenvalue weighted by atomic mass is 16.3. The maximum atomic E-state index is 13.8. The summed E-state index contributed by atoms with van der Waals surface area (Å²) in [7, 11) is 0. The van der Waals surface area contributed by atoms with Crippen LogP contribution in [0.25, 0.3) is 0 Å². The van der Waals surface area contributed by atoms with Gasteiger partial charge in [-0.2, -0.15) is 0 Å². The molecule has 4 aromatic rings. The van der Waals surface area contributed by atoms with Gasteiger partial charge in [-0.05, 0) is 72.1 Å². The number of aromatic nitrogens is 1. The van der Waals surface area contributed by atoms with Gasteiger partial charge in [0.15, 0.2) is 0 Å². The number of β-amino-alcohol motifs (C(OH)–C–C–N with tert-alkyl or cyclic N) is 1. The van der Waals surface area contributed by atoms with Gasteiger partial charge in [0.1, 0.15) is 0 Å². The molecule has 0 spiro atoms. The number of nitrogens with one attached hydrogen (secondary N) is 1. The second kappa shape index (κ2) is 14.2. The number of amides is 2. The van der Waals surface area contributed by atoms with Crippen LogP contribution in [0.2, 0.25) is 0 Å². The summed E-state index contributed by atoms with van der Waals surface area (Å²) in [5, 5.41) is 25.4. The number of aliphatic hydroxyl groups is 2. The second-order valence-corrected chi connectivity index (χ2v) is 12.6. The van der Waals surface area contributed by atoms with Crippen LogP contribution in [-0.2, 0) is 35.3 Å². The van der Waals surface area contributed by atoms with Gasteiger partial charge >= 0.3 is 0 Å². The summed E-state index contributed by atoms with van der Waals surface area (Å²) >= 11 is 0.